The molecule has 0 radical (unpaired) electrons. The van der Waals surface area contributed by atoms with Gasteiger partial charge in [0.1, 0.15) is 17.1 Å². The van der Waals surface area contributed by atoms with E-state index in [1.165, 1.54) is 12.4 Å². The minimum absolute atomic E-state index is 0.00239. The first-order chi connectivity index (χ1) is 16.4. The summed E-state index contributed by atoms with van der Waals surface area (Å²) in [5, 5.41) is 20.5. The molecule has 0 fully saturated rings. The maximum absolute atomic E-state index is 12.5. The number of fused-ring (bicyclic) bond motifs is 1. The van der Waals surface area contributed by atoms with Crippen molar-refractivity contribution in [1.82, 2.24) is 20.2 Å². The predicted molar refractivity (Wildman–Crippen MR) is 127 cm³/mol. The van der Waals surface area contributed by atoms with Crippen molar-refractivity contribution in [2.45, 2.75) is 20.4 Å². The Bertz CT molecular complexity index is 1430. The van der Waals surface area contributed by atoms with Crippen LogP contribution in [0.15, 0.2) is 59.8 Å². The number of nitrogens with zero attached hydrogens (tertiary/aromatic N) is 5. The number of rotatable bonds is 7. The number of nitro groups is 1. The lowest BCUT2D eigenvalue weighted by molar-refractivity contribution is -0.386. The summed E-state index contributed by atoms with van der Waals surface area (Å²) in [6, 6.07) is 14.7. The standard InChI is InChI=1S/C24H22N6O4/c1-15-23(30(32)33)16(2)29(28-15)14-20-10-17(8-9-22(20)34-3)12-26-27-24(31)19-11-18-6-4-5-7-21(18)25-13-19/h4-13H,14H2,1-3H3,(H,27,31)/b26-12-. The molecule has 1 N–H and O–H groups in total. The highest BCUT2D eigenvalue weighted by Gasteiger charge is 2.22. The van der Waals surface area contributed by atoms with Crippen LogP contribution in [0.1, 0.15) is 32.9 Å². The number of amides is 1. The molecule has 0 saturated carbocycles. The van der Waals surface area contributed by atoms with E-state index in [4.69, 9.17) is 4.74 Å². The second-order valence-corrected chi connectivity index (χ2v) is 7.62. The Morgan fingerprint density at radius 1 is 1.24 bits per heavy atom. The van der Waals surface area contributed by atoms with Crippen LogP contribution in [0.5, 0.6) is 5.75 Å². The number of methoxy groups -OCH3 is 1. The van der Waals surface area contributed by atoms with E-state index in [9.17, 15) is 14.9 Å². The molecule has 0 bridgehead atoms. The van der Waals surface area contributed by atoms with Crippen molar-refractivity contribution in [2.24, 2.45) is 5.10 Å². The zero-order valence-electron chi connectivity index (χ0n) is 18.8. The number of benzene rings is 2. The summed E-state index contributed by atoms with van der Waals surface area (Å²) in [6.07, 6.45) is 3.02. The van der Waals surface area contributed by atoms with Gasteiger partial charge in [-0.25, -0.2) is 5.43 Å². The normalized spacial score (nSPS) is 11.1. The summed E-state index contributed by atoms with van der Waals surface area (Å²) < 4.78 is 7.01. The van der Waals surface area contributed by atoms with Gasteiger partial charge in [0.15, 0.2) is 0 Å². The Kier molecular flexibility index (Phi) is 6.30. The fourth-order valence-corrected chi connectivity index (χ4v) is 3.69. The van der Waals surface area contributed by atoms with Gasteiger partial charge in [0.05, 0.1) is 35.9 Å². The van der Waals surface area contributed by atoms with Crippen LogP contribution >= 0.6 is 0 Å². The number of carbonyl (C=O) groups excluding carboxylic acids is 1. The second kappa shape index (κ2) is 9.49. The number of hydrazone groups is 1. The number of aromatic nitrogens is 3. The first kappa shape index (κ1) is 22.6. The molecular weight excluding hydrogens is 436 g/mol. The van der Waals surface area contributed by atoms with Crippen molar-refractivity contribution in [3.63, 3.8) is 0 Å². The lowest BCUT2D eigenvalue weighted by Gasteiger charge is -2.10. The van der Waals surface area contributed by atoms with E-state index in [1.54, 1.807) is 43.8 Å². The van der Waals surface area contributed by atoms with Crippen molar-refractivity contribution in [3.05, 3.63) is 92.9 Å². The predicted octanol–water partition coefficient (Wildman–Crippen LogP) is 3.78. The average molecular weight is 458 g/mol. The summed E-state index contributed by atoms with van der Waals surface area (Å²) in [5.41, 5.74) is 6.00. The lowest BCUT2D eigenvalue weighted by atomic mass is 10.1. The highest BCUT2D eigenvalue weighted by molar-refractivity contribution is 5.97. The van der Waals surface area contributed by atoms with Crippen LogP contribution in [0.4, 0.5) is 5.69 Å². The van der Waals surface area contributed by atoms with Crippen LogP contribution < -0.4 is 10.2 Å². The van der Waals surface area contributed by atoms with Crippen LogP contribution in [0.3, 0.4) is 0 Å². The minimum atomic E-state index is -0.428. The smallest absolute Gasteiger partial charge is 0.312 e. The first-order valence-electron chi connectivity index (χ1n) is 10.4. The maximum atomic E-state index is 12.5. The van der Waals surface area contributed by atoms with Gasteiger partial charge in [0, 0.05) is 17.1 Å². The van der Waals surface area contributed by atoms with E-state index in [-0.39, 0.29) is 18.1 Å². The molecule has 1 amide bonds. The molecule has 0 saturated heterocycles. The number of ether oxygens (including phenoxy) is 1. The summed E-state index contributed by atoms with van der Waals surface area (Å²) >= 11 is 0. The molecule has 0 unspecified atom stereocenters. The van der Waals surface area contributed by atoms with E-state index in [0.29, 0.717) is 28.3 Å². The Morgan fingerprint density at radius 2 is 2.03 bits per heavy atom. The quantitative estimate of drug-likeness (QED) is 0.255. The Balaban J connectivity index is 1.51. The van der Waals surface area contributed by atoms with Crippen molar-refractivity contribution < 1.29 is 14.5 Å². The number of hydrogen-bond acceptors (Lipinski definition) is 7. The molecule has 172 valence electrons. The van der Waals surface area contributed by atoms with Crippen LogP contribution in [-0.4, -0.2) is 38.9 Å². The van der Waals surface area contributed by atoms with Gasteiger partial charge in [0.25, 0.3) is 5.91 Å². The molecule has 4 aromatic rings. The molecule has 10 nitrogen and oxygen atoms in total. The van der Waals surface area contributed by atoms with E-state index in [2.05, 4.69) is 20.6 Å². The number of carbonyl (C=O) groups is 1. The molecule has 0 spiro atoms. The van der Waals surface area contributed by atoms with Gasteiger partial charge in [-0.2, -0.15) is 10.2 Å². The van der Waals surface area contributed by atoms with Gasteiger partial charge in [0.2, 0.25) is 0 Å². The van der Waals surface area contributed by atoms with Crippen LogP contribution in [0.2, 0.25) is 0 Å². The highest BCUT2D eigenvalue weighted by atomic mass is 16.6. The van der Waals surface area contributed by atoms with Crippen LogP contribution in [-0.2, 0) is 6.54 Å². The first-order valence-corrected chi connectivity index (χ1v) is 10.4. The molecule has 10 heteroatoms. The van der Waals surface area contributed by atoms with Crippen molar-refractivity contribution in [2.75, 3.05) is 7.11 Å². The van der Waals surface area contributed by atoms with Crippen LogP contribution in [0.25, 0.3) is 10.9 Å². The summed E-state index contributed by atoms with van der Waals surface area (Å²) in [5.74, 6) is 0.233. The molecular formula is C24H22N6O4. The highest BCUT2D eigenvalue weighted by Crippen LogP contribution is 2.25. The number of nitrogens with one attached hydrogen (secondary N) is 1. The topological polar surface area (TPSA) is 125 Å². The van der Waals surface area contributed by atoms with Crippen molar-refractivity contribution in [3.8, 4) is 5.75 Å². The molecule has 4 rings (SSSR count). The van der Waals surface area contributed by atoms with Crippen molar-refractivity contribution >= 4 is 28.7 Å². The van der Waals surface area contributed by atoms with E-state index >= 15 is 0 Å². The number of para-hydroxylation sites is 1. The number of hydrogen-bond donors (Lipinski definition) is 1. The Morgan fingerprint density at radius 3 is 2.76 bits per heavy atom. The Labute approximate surface area is 195 Å². The van der Waals surface area contributed by atoms with E-state index in [0.717, 1.165) is 16.5 Å². The maximum Gasteiger partial charge on any atom is 0.312 e. The van der Waals surface area contributed by atoms with E-state index < -0.39 is 4.92 Å². The zero-order chi connectivity index (χ0) is 24.2. The molecule has 0 atom stereocenters. The molecule has 2 aromatic heterocycles. The molecule has 0 aliphatic rings. The summed E-state index contributed by atoms with van der Waals surface area (Å²) in [7, 11) is 1.55. The van der Waals surface area contributed by atoms with E-state index in [1.807, 2.05) is 30.3 Å². The molecule has 0 aliphatic heterocycles. The zero-order valence-corrected chi connectivity index (χ0v) is 18.8. The van der Waals surface area contributed by atoms with Gasteiger partial charge in [-0.15, -0.1) is 0 Å². The molecule has 34 heavy (non-hydrogen) atoms. The third-order valence-electron chi connectivity index (χ3n) is 5.38. The third-order valence-corrected chi connectivity index (χ3v) is 5.38. The summed E-state index contributed by atoms with van der Waals surface area (Å²) in [6.45, 7) is 3.54. The third kappa shape index (κ3) is 4.60. The van der Waals surface area contributed by atoms with Crippen molar-refractivity contribution in [1.29, 1.82) is 0 Å². The van der Waals surface area contributed by atoms with Gasteiger partial charge < -0.3 is 4.74 Å². The van der Waals surface area contributed by atoms with Gasteiger partial charge in [-0.1, -0.05) is 18.2 Å². The largest absolute Gasteiger partial charge is 0.496 e. The fraction of sp³-hybridized carbons (Fsp3) is 0.167. The summed E-state index contributed by atoms with van der Waals surface area (Å²) in [4.78, 5) is 27.6. The number of pyridine rings is 1. The van der Waals surface area contributed by atoms with Gasteiger partial charge in [-0.05, 0) is 49.7 Å². The Hall–Kier alpha value is -4.60. The lowest BCUT2D eigenvalue weighted by Crippen LogP contribution is -2.17. The SMILES string of the molecule is COc1ccc(/C=N\NC(=O)c2cnc3ccccc3c2)cc1Cn1nc(C)c([N+](=O)[O-])c1C. The van der Waals surface area contributed by atoms with Gasteiger partial charge in [-0.3, -0.25) is 24.6 Å². The molecule has 2 aromatic carbocycles. The average Bonchev–Trinajstić information content (AvgIpc) is 3.11. The molecule has 0 aliphatic carbocycles. The monoisotopic (exact) mass is 458 g/mol. The molecule has 2 heterocycles. The van der Waals surface area contributed by atoms with Crippen LogP contribution in [0, 0.1) is 24.0 Å². The number of aryl methyl sites for hydroxylation is 1. The minimum Gasteiger partial charge on any atom is -0.496 e. The van der Waals surface area contributed by atoms with Gasteiger partial charge >= 0.3 is 5.69 Å². The fourth-order valence-electron chi connectivity index (χ4n) is 3.69. The second-order valence-electron chi connectivity index (χ2n) is 7.62.